The van der Waals surface area contributed by atoms with Gasteiger partial charge in [0, 0.05) is 17.3 Å². The van der Waals surface area contributed by atoms with E-state index in [0.717, 1.165) is 22.0 Å². The van der Waals surface area contributed by atoms with Crippen molar-refractivity contribution >= 4 is 51.2 Å². The highest BCUT2D eigenvalue weighted by Crippen LogP contribution is 2.40. The van der Waals surface area contributed by atoms with E-state index in [9.17, 15) is 9.90 Å². The Kier molecular flexibility index (Phi) is 4.18. The summed E-state index contributed by atoms with van der Waals surface area (Å²) in [5.74, 6) is 0.181. The van der Waals surface area contributed by atoms with Crippen molar-refractivity contribution < 1.29 is 14.6 Å². The quantitative estimate of drug-likeness (QED) is 0.471. The van der Waals surface area contributed by atoms with E-state index in [2.05, 4.69) is 10.3 Å². The molecule has 0 radical (unpaired) electrons. The molecule has 130 valence electrons. The Hall–Kier alpha value is -2.77. The Balaban J connectivity index is 1.85. The lowest BCUT2D eigenvalue weighted by Crippen LogP contribution is -2.17. The largest absolute Gasteiger partial charge is 0.504 e. The van der Waals surface area contributed by atoms with Gasteiger partial charge in [-0.1, -0.05) is 30.0 Å². The fourth-order valence-electron chi connectivity index (χ4n) is 2.88. The van der Waals surface area contributed by atoms with Crippen LogP contribution in [0.25, 0.3) is 28.1 Å². The Morgan fingerprint density at radius 2 is 2.08 bits per heavy atom. The summed E-state index contributed by atoms with van der Waals surface area (Å²) in [5.41, 5.74) is 3.25. The van der Waals surface area contributed by atoms with Crippen LogP contribution in [0.2, 0.25) is 0 Å². The number of nitrogens with one attached hydrogen (secondary N) is 2. The minimum absolute atomic E-state index is 0.0589. The molecule has 26 heavy (non-hydrogen) atoms. The molecule has 5 nitrogen and oxygen atoms in total. The summed E-state index contributed by atoms with van der Waals surface area (Å²) < 4.78 is 5.75. The fourth-order valence-corrected chi connectivity index (χ4v) is 3.93. The summed E-state index contributed by atoms with van der Waals surface area (Å²) in [6, 6.07) is 11.4. The number of methoxy groups -OCH3 is 1. The first kappa shape index (κ1) is 16.7. The van der Waals surface area contributed by atoms with Crippen molar-refractivity contribution in [3.8, 4) is 22.6 Å². The third-order valence-electron chi connectivity index (χ3n) is 4.12. The average Bonchev–Trinajstić information content (AvgIpc) is 3.21. The molecule has 0 spiro atoms. The zero-order valence-electron chi connectivity index (χ0n) is 13.7. The summed E-state index contributed by atoms with van der Waals surface area (Å²) in [5, 5.41) is 14.2. The molecule has 3 aromatic rings. The number of phenols is 1. The number of carbonyl (C=O) groups is 1. The van der Waals surface area contributed by atoms with E-state index in [1.54, 1.807) is 12.1 Å². The molecule has 2 aromatic carbocycles. The lowest BCUT2D eigenvalue weighted by Gasteiger charge is -2.11. The molecular weight excluding hydrogens is 368 g/mol. The van der Waals surface area contributed by atoms with Gasteiger partial charge in [0.05, 0.1) is 12.0 Å². The van der Waals surface area contributed by atoms with Crippen LogP contribution in [0.4, 0.5) is 0 Å². The van der Waals surface area contributed by atoms with Crippen LogP contribution in [0, 0.1) is 0 Å². The van der Waals surface area contributed by atoms with Crippen LogP contribution in [0.3, 0.4) is 0 Å². The Morgan fingerprint density at radius 3 is 2.81 bits per heavy atom. The molecular formula is C19H14N2O3S2. The van der Waals surface area contributed by atoms with Crippen molar-refractivity contribution in [3.05, 3.63) is 53.1 Å². The number of benzene rings is 2. The molecule has 1 amide bonds. The Morgan fingerprint density at radius 1 is 1.23 bits per heavy atom. The molecule has 3 N–H and O–H groups in total. The highest BCUT2D eigenvalue weighted by Gasteiger charge is 2.22. The number of hydrogen-bond acceptors (Lipinski definition) is 5. The molecule has 1 aliphatic heterocycles. The number of hydrogen-bond donors (Lipinski definition) is 3. The van der Waals surface area contributed by atoms with Crippen LogP contribution < -0.4 is 10.1 Å². The van der Waals surface area contributed by atoms with Crippen LogP contribution in [-0.2, 0) is 4.79 Å². The van der Waals surface area contributed by atoms with E-state index in [-0.39, 0.29) is 11.7 Å². The smallest absolute Gasteiger partial charge is 0.263 e. The van der Waals surface area contributed by atoms with Gasteiger partial charge < -0.3 is 20.1 Å². The van der Waals surface area contributed by atoms with Gasteiger partial charge in [0.1, 0.15) is 4.32 Å². The van der Waals surface area contributed by atoms with Crippen molar-refractivity contribution in [1.82, 2.24) is 10.3 Å². The predicted octanol–water partition coefficient (Wildman–Crippen LogP) is 4.04. The van der Waals surface area contributed by atoms with E-state index in [0.29, 0.717) is 20.5 Å². The Bertz CT molecular complexity index is 1090. The van der Waals surface area contributed by atoms with Crippen molar-refractivity contribution in [2.24, 2.45) is 0 Å². The maximum Gasteiger partial charge on any atom is 0.263 e. The highest BCUT2D eigenvalue weighted by molar-refractivity contribution is 8.26. The number of phenolic OH excluding ortho intramolecular Hbond substituents is 1. The summed E-state index contributed by atoms with van der Waals surface area (Å²) in [7, 11) is 1.50. The molecule has 1 aliphatic rings. The lowest BCUT2D eigenvalue weighted by atomic mass is 9.99. The number of thiocarbonyl (C=S) groups is 1. The molecule has 1 aromatic heterocycles. The number of fused-ring (bicyclic) bond motifs is 1. The van der Waals surface area contributed by atoms with E-state index < -0.39 is 0 Å². The number of thioether (sulfide) groups is 1. The van der Waals surface area contributed by atoms with Gasteiger partial charge in [-0.25, -0.2) is 0 Å². The minimum Gasteiger partial charge on any atom is -0.504 e. The molecule has 0 unspecified atom stereocenters. The molecule has 1 saturated heterocycles. The number of carbonyl (C=O) groups excluding carboxylic acids is 1. The van der Waals surface area contributed by atoms with E-state index in [1.165, 1.54) is 18.9 Å². The number of aromatic hydroxyl groups is 1. The number of amides is 1. The third kappa shape index (κ3) is 2.95. The summed E-state index contributed by atoms with van der Waals surface area (Å²) in [6.07, 6.45) is 3.61. The van der Waals surface area contributed by atoms with Crippen LogP contribution in [0.1, 0.15) is 5.56 Å². The summed E-state index contributed by atoms with van der Waals surface area (Å²) in [4.78, 5) is 15.6. The van der Waals surface area contributed by atoms with Gasteiger partial charge in [0.15, 0.2) is 11.5 Å². The van der Waals surface area contributed by atoms with Crippen molar-refractivity contribution in [2.45, 2.75) is 0 Å². The maximum absolute atomic E-state index is 11.9. The first-order valence-electron chi connectivity index (χ1n) is 7.78. The molecule has 7 heteroatoms. The first-order valence-corrected chi connectivity index (χ1v) is 9.01. The van der Waals surface area contributed by atoms with E-state index in [4.69, 9.17) is 17.0 Å². The molecule has 2 heterocycles. The number of rotatable bonds is 3. The second kappa shape index (κ2) is 6.51. The molecule has 1 fully saturated rings. The average molecular weight is 382 g/mol. The molecule has 0 atom stereocenters. The first-order chi connectivity index (χ1) is 12.5. The van der Waals surface area contributed by atoms with Gasteiger partial charge >= 0.3 is 0 Å². The van der Waals surface area contributed by atoms with Crippen molar-refractivity contribution in [2.75, 3.05) is 7.11 Å². The number of aromatic amines is 1. The zero-order chi connectivity index (χ0) is 18.3. The van der Waals surface area contributed by atoms with Gasteiger partial charge in [-0.2, -0.15) is 0 Å². The summed E-state index contributed by atoms with van der Waals surface area (Å²) in [6.45, 7) is 0. The van der Waals surface area contributed by atoms with Crippen LogP contribution in [-0.4, -0.2) is 27.4 Å². The van der Waals surface area contributed by atoms with Crippen molar-refractivity contribution in [3.63, 3.8) is 0 Å². The molecule has 0 aliphatic carbocycles. The van der Waals surface area contributed by atoms with Crippen LogP contribution >= 0.6 is 24.0 Å². The van der Waals surface area contributed by atoms with Gasteiger partial charge in [0.25, 0.3) is 5.91 Å². The van der Waals surface area contributed by atoms with Crippen LogP contribution in [0.5, 0.6) is 11.5 Å². The minimum atomic E-state index is -0.220. The van der Waals surface area contributed by atoms with Gasteiger partial charge in [-0.15, -0.1) is 0 Å². The van der Waals surface area contributed by atoms with Gasteiger partial charge in [0.2, 0.25) is 0 Å². The second-order valence-corrected chi connectivity index (χ2v) is 7.47. The maximum atomic E-state index is 11.9. The second-order valence-electron chi connectivity index (χ2n) is 5.75. The molecule has 4 rings (SSSR count). The molecule has 0 saturated carbocycles. The van der Waals surface area contributed by atoms with Crippen molar-refractivity contribution in [1.29, 1.82) is 0 Å². The Labute approximate surface area is 159 Å². The topological polar surface area (TPSA) is 74.3 Å². The highest BCUT2D eigenvalue weighted by atomic mass is 32.2. The standard InChI is InChI=1S/C19H14N2O3S2/c1-24-15-7-10(8-16-18(23)21-19(25)26-16)6-13(17(15)22)11-2-3-14-12(9-11)4-5-20-14/h2-9,20,22H,1H3,(H,21,23,25). The summed E-state index contributed by atoms with van der Waals surface area (Å²) >= 11 is 6.24. The normalized spacial score (nSPS) is 15.7. The SMILES string of the molecule is COc1cc(C=C2SC(=S)NC2=O)cc(-c2ccc3[nH]ccc3c2)c1O. The zero-order valence-corrected chi connectivity index (χ0v) is 15.3. The van der Waals surface area contributed by atoms with Crippen LogP contribution in [0.15, 0.2) is 47.5 Å². The monoisotopic (exact) mass is 382 g/mol. The van der Waals surface area contributed by atoms with Gasteiger partial charge in [-0.05, 0) is 52.9 Å². The predicted molar refractivity (Wildman–Crippen MR) is 108 cm³/mol. The molecule has 0 bridgehead atoms. The van der Waals surface area contributed by atoms with Gasteiger partial charge in [-0.3, -0.25) is 4.79 Å². The van der Waals surface area contributed by atoms with E-state index >= 15 is 0 Å². The number of aromatic nitrogens is 1. The number of H-pyrrole nitrogens is 1. The lowest BCUT2D eigenvalue weighted by molar-refractivity contribution is -0.115. The third-order valence-corrected chi connectivity index (χ3v) is 5.28. The fraction of sp³-hybridized carbons (Fsp3) is 0.0526. The number of ether oxygens (including phenoxy) is 1. The van der Waals surface area contributed by atoms with E-state index in [1.807, 2.05) is 36.5 Å².